The van der Waals surface area contributed by atoms with Crippen LogP contribution in [-0.2, 0) is 6.42 Å². The van der Waals surface area contributed by atoms with Gasteiger partial charge in [-0.3, -0.25) is 0 Å². The van der Waals surface area contributed by atoms with Crippen molar-refractivity contribution in [3.63, 3.8) is 0 Å². The summed E-state index contributed by atoms with van der Waals surface area (Å²) in [6.07, 6.45) is 5.82. The van der Waals surface area contributed by atoms with E-state index in [1.807, 2.05) is 12.1 Å². The van der Waals surface area contributed by atoms with Gasteiger partial charge in [-0.15, -0.1) is 13.2 Å². The van der Waals surface area contributed by atoms with Gasteiger partial charge in [0.15, 0.2) is 0 Å². The molecule has 2 rings (SSSR count). The van der Waals surface area contributed by atoms with Gasteiger partial charge in [0.05, 0.1) is 12.4 Å². The number of aryl methyl sites for hydroxylation is 1. The van der Waals surface area contributed by atoms with Gasteiger partial charge in [0.2, 0.25) is 0 Å². The summed E-state index contributed by atoms with van der Waals surface area (Å²) in [4.78, 5) is 0. The third-order valence-corrected chi connectivity index (χ3v) is 3.58. The third-order valence-electron chi connectivity index (χ3n) is 3.58. The van der Waals surface area contributed by atoms with Crippen LogP contribution in [0.25, 0.3) is 0 Å². The minimum absolute atomic E-state index is 0.270. The van der Waals surface area contributed by atoms with E-state index in [2.05, 4.69) is 46.1 Å². The Bertz CT molecular complexity index is 777. The molecular weight excluding hydrogens is 353 g/mol. The number of ether oxygens (including phenoxy) is 1. The van der Waals surface area contributed by atoms with Gasteiger partial charge >= 0.3 is 6.36 Å². The van der Waals surface area contributed by atoms with Gasteiger partial charge in [0.25, 0.3) is 0 Å². The van der Waals surface area contributed by atoms with Crippen LogP contribution in [0.2, 0.25) is 0 Å². The average Bonchev–Trinajstić information content (AvgIpc) is 2.63. The number of allylic oxidation sites excluding steroid dienone is 2. The molecule has 3 nitrogen and oxygen atoms in total. The molecule has 0 saturated carbocycles. The van der Waals surface area contributed by atoms with Gasteiger partial charge in [-0.05, 0) is 60.2 Å². The number of halogens is 3. The van der Waals surface area contributed by atoms with Crippen LogP contribution in [0.15, 0.2) is 70.9 Å². The fraction of sp³-hybridized carbons (Fsp3) is 0.238. The summed E-state index contributed by atoms with van der Waals surface area (Å²) >= 11 is 0. The molecule has 27 heavy (non-hydrogen) atoms. The first-order valence-corrected chi connectivity index (χ1v) is 8.62. The molecule has 2 aromatic carbocycles. The Morgan fingerprint density at radius 3 is 1.93 bits per heavy atom. The summed E-state index contributed by atoms with van der Waals surface area (Å²) in [7, 11) is 0. The highest BCUT2D eigenvalue weighted by Gasteiger charge is 2.30. The first-order chi connectivity index (χ1) is 13.0. The summed E-state index contributed by atoms with van der Waals surface area (Å²) in [6.45, 7) is 2.12. The second kappa shape index (κ2) is 10.3. The molecule has 0 bridgehead atoms. The molecule has 0 heterocycles. The van der Waals surface area contributed by atoms with Gasteiger partial charge in [0.1, 0.15) is 5.75 Å². The maximum absolute atomic E-state index is 12.1. The van der Waals surface area contributed by atoms with E-state index in [9.17, 15) is 13.2 Å². The maximum Gasteiger partial charge on any atom is 0.573 e. The van der Waals surface area contributed by atoms with Crippen molar-refractivity contribution >= 4 is 12.4 Å². The van der Waals surface area contributed by atoms with E-state index in [-0.39, 0.29) is 5.75 Å². The highest BCUT2D eigenvalue weighted by molar-refractivity contribution is 5.82. The van der Waals surface area contributed by atoms with E-state index in [1.54, 1.807) is 6.21 Å². The second-order valence-electron chi connectivity index (χ2n) is 5.77. The first-order valence-electron chi connectivity index (χ1n) is 8.62. The van der Waals surface area contributed by atoms with Gasteiger partial charge in [-0.1, -0.05) is 43.3 Å². The topological polar surface area (TPSA) is 34.0 Å². The Kier molecular flexibility index (Phi) is 7.79. The molecule has 0 aromatic heterocycles. The molecule has 0 aliphatic rings. The van der Waals surface area contributed by atoms with Gasteiger partial charge < -0.3 is 4.74 Å². The number of nitrogens with zero attached hydrogens (tertiary/aromatic N) is 2. The molecule has 0 spiro atoms. The minimum Gasteiger partial charge on any atom is -0.406 e. The smallest absolute Gasteiger partial charge is 0.406 e. The van der Waals surface area contributed by atoms with Crippen LogP contribution >= 0.6 is 0 Å². The van der Waals surface area contributed by atoms with Crippen molar-refractivity contribution in [2.45, 2.75) is 32.5 Å². The predicted octanol–water partition coefficient (Wildman–Crippen LogP) is 5.94. The van der Waals surface area contributed by atoms with Gasteiger partial charge in [-0.2, -0.15) is 10.2 Å². The third kappa shape index (κ3) is 8.35. The van der Waals surface area contributed by atoms with Crippen molar-refractivity contribution in [1.82, 2.24) is 0 Å². The zero-order chi connectivity index (χ0) is 19.5. The van der Waals surface area contributed by atoms with Gasteiger partial charge in [-0.25, -0.2) is 0 Å². The monoisotopic (exact) mass is 374 g/mol. The normalized spacial score (nSPS) is 12.4. The maximum atomic E-state index is 12.1. The molecule has 0 unspecified atom stereocenters. The van der Waals surface area contributed by atoms with Crippen LogP contribution in [0.4, 0.5) is 13.2 Å². The standard InChI is InChI=1S/C21H21F3N2O/c1-2-3-4-5-6-17-7-9-18(10-8-17)15-25-26-16-19-11-13-20(14-12-19)27-21(22,23)24/h3-4,7-16H,2,5-6H2,1H3/b4-3+,25-15?,26-16?. The van der Waals surface area contributed by atoms with Crippen molar-refractivity contribution < 1.29 is 17.9 Å². The lowest BCUT2D eigenvalue weighted by atomic mass is 10.1. The lowest BCUT2D eigenvalue weighted by Crippen LogP contribution is -2.16. The van der Waals surface area contributed by atoms with Crippen LogP contribution in [0.1, 0.15) is 36.5 Å². The van der Waals surface area contributed by atoms with E-state index >= 15 is 0 Å². The number of hydrogen-bond donors (Lipinski definition) is 0. The largest absolute Gasteiger partial charge is 0.573 e. The zero-order valence-electron chi connectivity index (χ0n) is 15.0. The number of alkyl halides is 3. The fourth-order valence-corrected chi connectivity index (χ4v) is 2.26. The lowest BCUT2D eigenvalue weighted by Gasteiger charge is -2.08. The van der Waals surface area contributed by atoms with Crippen molar-refractivity contribution in [2.24, 2.45) is 10.2 Å². The van der Waals surface area contributed by atoms with E-state index < -0.39 is 6.36 Å². The summed E-state index contributed by atoms with van der Waals surface area (Å²) in [6, 6.07) is 13.5. The van der Waals surface area contributed by atoms with Crippen LogP contribution in [0.5, 0.6) is 5.75 Å². The average molecular weight is 374 g/mol. The Morgan fingerprint density at radius 2 is 1.41 bits per heavy atom. The molecule has 0 aliphatic heterocycles. The second-order valence-corrected chi connectivity index (χ2v) is 5.77. The van der Waals surface area contributed by atoms with Crippen LogP contribution < -0.4 is 4.74 Å². The number of rotatable bonds is 8. The Balaban J connectivity index is 1.84. The highest BCUT2D eigenvalue weighted by Crippen LogP contribution is 2.22. The van der Waals surface area contributed by atoms with Crippen LogP contribution in [-0.4, -0.2) is 18.8 Å². The molecule has 0 aliphatic carbocycles. The van der Waals surface area contributed by atoms with Crippen LogP contribution in [0.3, 0.4) is 0 Å². The van der Waals surface area contributed by atoms with Crippen molar-refractivity contribution in [3.8, 4) is 5.75 Å². The summed E-state index contributed by atoms with van der Waals surface area (Å²) in [5.41, 5.74) is 2.81. The molecule has 0 atom stereocenters. The summed E-state index contributed by atoms with van der Waals surface area (Å²) in [5, 5.41) is 7.86. The van der Waals surface area contributed by atoms with E-state index in [0.29, 0.717) is 5.56 Å². The van der Waals surface area contributed by atoms with Gasteiger partial charge in [0, 0.05) is 0 Å². The highest BCUT2D eigenvalue weighted by atomic mass is 19.4. The van der Waals surface area contributed by atoms with Crippen molar-refractivity contribution in [2.75, 3.05) is 0 Å². The Hall–Kier alpha value is -2.89. The van der Waals surface area contributed by atoms with E-state index in [0.717, 1.165) is 24.8 Å². The SMILES string of the molecule is CC/C=C/CCc1ccc(C=NN=Cc2ccc(OC(F)(F)F)cc2)cc1. The molecule has 0 saturated heterocycles. The first kappa shape index (κ1) is 20.4. The van der Waals surface area contributed by atoms with Crippen molar-refractivity contribution in [1.29, 1.82) is 0 Å². The van der Waals surface area contributed by atoms with Crippen LogP contribution in [0, 0.1) is 0 Å². The molecule has 2 aromatic rings. The number of benzene rings is 2. The summed E-state index contributed by atoms with van der Waals surface area (Å²) in [5.74, 6) is -0.270. The lowest BCUT2D eigenvalue weighted by molar-refractivity contribution is -0.274. The molecule has 0 amide bonds. The Labute approximate surface area is 156 Å². The van der Waals surface area contributed by atoms with Crippen molar-refractivity contribution in [3.05, 3.63) is 77.4 Å². The minimum atomic E-state index is -4.69. The molecule has 6 heteroatoms. The fourth-order valence-electron chi connectivity index (χ4n) is 2.26. The van der Waals surface area contributed by atoms with E-state index in [4.69, 9.17) is 0 Å². The zero-order valence-corrected chi connectivity index (χ0v) is 15.0. The summed E-state index contributed by atoms with van der Waals surface area (Å²) < 4.78 is 40.1. The van der Waals surface area contributed by atoms with E-state index in [1.165, 1.54) is 36.0 Å². The molecule has 0 fully saturated rings. The number of hydrogen-bond acceptors (Lipinski definition) is 3. The quantitative estimate of drug-likeness (QED) is 0.320. The molecular formula is C21H21F3N2O. The molecule has 142 valence electrons. The molecule has 0 N–H and O–H groups in total. The Morgan fingerprint density at radius 1 is 0.852 bits per heavy atom. The predicted molar refractivity (Wildman–Crippen MR) is 103 cm³/mol. The molecule has 0 radical (unpaired) electrons.